The second-order valence-corrected chi connectivity index (χ2v) is 4.77. The molecule has 7 nitrogen and oxygen atoms in total. The number of rotatable bonds is 7. The molecule has 1 unspecified atom stereocenters. The van der Waals surface area contributed by atoms with Gasteiger partial charge in [-0.15, -0.1) is 0 Å². The van der Waals surface area contributed by atoms with Crippen LogP contribution in [0.4, 0.5) is 11.5 Å². The lowest BCUT2D eigenvalue weighted by molar-refractivity contribution is -0.384. The van der Waals surface area contributed by atoms with Crippen molar-refractivity contribution in [2.45, 2.75) is 19.4 Å². The Labute approximate surface area is 114 Å². The van der Waals surface area contributed by atoms with Gasteiger partial charge in [0.2, 0.25) is 5.82 Å². The molecule has 2 N–H and O–H groups in total. The van der Waals surface area contributed by atoms with E-state index in [1.165, 1.54) is 0 Å². The van der Waals surface area contributed by atoms with E-state index in [0.29, 0.717) is 0 Å². The second kappa shape index (κ2) is 6.93. The van der Waals surface area contributed by atoms with Gasteiger partial charge in [0, 0.05) is 24.1 Å². The molecule has 1 atom stereocenters. The third-order valence-electron chi connectivity index (χ3n) is 2.51. The van der Waals surface area contributed by atoms with Crippen molar-refractivity contribution in [2.24, 2.45) is 0 Å². The molecule has 1 rings (SSSR count). The standard InChI is InChI=1S/C11H15N3O4S/c1-3-8(6-19-2)13-10-9(14(17)18)4-7(5-12-10)11(15)16/h4-5,8H,3,6H2,1-2H3,(H,12,13)(H,15,16). The van der Waals surface area contributed by atoms with Crippen molar-refractivity contribution in [3.05, 3.63) is 27.9 Å². The molecule has 0 fully saturated rings. The summed E-state index contributed by atoms with van der Waals surface area (Å²) in [5, 5.41) is 22.7. The van der Waals surface area contributed by atoms with Gasteiger partial charge in [0.15, 0.2) is 0 Å². The largest absolute Gasteiger partial charge is 0.478 e. The van der Waals surface area contributed by atoms with E-state index in [1.54, 1.807) is 11.8 Å². The van der Waals surface area contributed by atoms with E-state index >= 15 is 0 Å². The Morgan fingerprint density at radius 3 is 2.84 bits per heavy atom. The van der Waals surface area contributed by atoms with Crippen molar-refractivity contribution >= 4 is 29.2 Å². The molecule has 0 amide bonds. The van der Waals surface area contributed by atoms with Crippen LogP contribution in [0, 0.1) is 10.1 Å². The van der Waals surface area contributed by atoms with Crippen LogP contribution >= 0.6 is 11.8 Å². The van der Waals surface area contributed by atoms with Crippen LogP contribution in [0.25, 0.3) is 0 Å². The molecule has 1 aromatic heterocycles. The number of aromatic nitrogens is 1. The molecular formula is C11H15N3O4S. The maximum absolute atomic E-state index is 11.0. The van der Waals surface area contributed by atoms with Crippen molar-refractivity contribution < 1.29 is 14.8 Å². The maximum Gasteiger partial charge on any atom is 0.337 e. The van der Waals surface area contributed by atoms with Crippen LogP contribution in [-0.4, -0.2) is 39.0 Å². The molecule has 8 heteroatoms. The summed E-state index contributed by atoms with van der Waals surface area (Å²) in [6.45, 7) is 1.96. The average molecular weight is 285 g/mol. The quantitative estimate of drug-likeness (QED) is 0.584. The van der Waals surface area contributed by atoms with Gasteiger partial charge in [0.1, 0.15) is 0 Å². The SMILES string of the molecule is CCC(CSC)Nc1ncc(C(=O)O)cc1[N+](=O)[O-]. The number of hydrogen-bond acceptors (Lipinski definition) is 6. The molecule has 1 aromatic rings. The van der Waals surface area contributed by atoms with Crippen molar-refractivity contribution in [1.29, 1.82) is 0 Å². The van der Waals surface area contributed by atoms with Crippen LogP contribution in [-0.2, 0) is 0 Å². The highest BCUT2D eigenvalue weighted by atomic mass is 32.2. The molecule has 0 aliphatic heterocycles. The van der Waals surface area contributed by atoms with Crippen LogP contribution in [0.15, 0.2) is 12.3 Å². The van der Waals surface area contributed by atoms with Crippen molar-refractivity contribution in [3.8, 4) is 0 Å². The van der Waals surface area contributed by atoms with E-state index in [-0.39, 0.29) is 23.1 Å². The molecule has 19 heavy (non-hydrogen) atoms. The number of carbonyl (C=O) groups is 1. The molecule has 0 bridgehead atoms. The van der Waals surface area contributed by atoms with Gasteiger partial charge < -0.3 is 10.4 Å². The van der Waals surface area contributed by atoms with Crippen molar-refractivity contribution in [2.75, 3.05) is 17.3 Å². The summed E-state index contributed by atoms with van der Waals surface area (Å²) in [5.41, 5.74) is -0.519. The topological polar surface area (TPSA) is 105 Å². The van der Waals surface area contributed by atoms with Gasteiger partial charge in [-0.05, 0) is 12.7 Å². The smallest absolute Gasteiger partial charge is 0.337 e. The number of thioether (sulfide) groups is 1. The van der Waals surface area contributed by atoms with E-state index in [0.717, 1.165) is 24.4 Å². The Kier molecular flexibility index (Phi) is 5.56. The minimum Gasteiger partial charge on any atom is -0.478 e. The Balaban J connectivity index is 3.06. The summed E-state index contributed by atoms with van der Waals surface area (Å²) in [4.78, 5) is 25.0. The zero-order chi connectivity index (χ0) is 14.4. The summed E-state index contributed by atoms with van der Waals surface area (Å²) in [6.07, 6.45) is 3.85. The minimum atomic E-state index is -1.24. The van der Waals surface area contributed by atoms with Crippen LogP contribution < -0.4 is 5.32 Å². The number of hydrogen-bond donors (Lipinski definition) is 2. The van der Waals surface area contributed by atoms with E-state index in [1.807, 2.05) is 13.2 Å². The summed E-state index contributed by atoms with van der Waals surface area (Å²) in [5.74, 6) is -0.343. The first kappa shape index (κ1) is 15.2. The average Bonchev–Trinajstić information content (AvgIpc) is 2.37. The second-order valence-electron chi connectivity index (χ2n) is 3.86. The first-order chi connectivity index (χ1) is 8.99. The van der Waals surface area contributed by atoms with E-state index in [4.69, 9.17) is 5.11 Å². The lowest BCUT2D eigenvalue weighted by Gasteiger charge is -2.16. The van der Waals surface area contributed by atoms with E-state index in [2.05, 4.69) is 10.3 Å². The number of pyridine rings is 1. The van der Waals surface area contributed by atoms with Gasteiger partial charge in [-0.1, -0.05) is 6.92 Å². The Morgan fingerprint density at radius 2 is 2.37 bits per heavy atom. The van der Waals surface area contributed by atoms with Crippen molar-refractivity contribution in [1.82, 2.24) is 4.98 Å². The van der Waals surface area contributed by atoms with Crippen LogP contribution in [0.1, 0.15) is 23.7 Å². The highest BCUT2D eigenvalue weighted by molar-refractivity contribution is 7.98. The third kappa shape index (κ3) is 4.09. The Morgan fingerprint density at radius 1 is 1.68 bits per heavy atom. The van der Waals surface area contributed by atoms with Gasteiger partial charge in [-0.25, -0.2) is 9.78 Å². The fraction of sp³-hybridized carbons (Fsp3) is 0.455. The fourth-order valence-electron chi connectivity index (χ4n) is 1.48. The molecular weight excluding hydrogens is 270 g/mol. The molecule has 0 aliphatic carbocycles. The molecule has 0 saturated carbocycles. The predicted molar refractivity (Wildman–Crippen MR) is 73.9 cm³/mol. The number of nitrogens with one attached hydrogen (secondary N) is 1. The van der Waals surface area contributed by atoms with Gasteiger partial charge in [0.05, 0.1) is 10.5 Å². The van der Waals surface area contributed by atoms with Crippen molar-refractivity contribution in [3.63, 3.8) is 0 Å². The summed E-state index contributed by atoms with van der Waals surface area (Å²) >= 11 is 1.62. The molecule has 0 radical (unpaired) electrons. The number of nitro groups is 1. The van der Waals surface area contributed by atoms with Gasteiger partial charge in [-0.3, -0.25) is 10.1 Å². The first-order valence-electron chi connectivity index (χ1n) is 5.62. The van der Waals surface area contributed by atoms with Crippen LogP contribution in [0.2, 0.25) is 0 Å². The molecule has 0 saturated heterocycles. The molecule has 0 spiro atoms. The number of carboxylic acid groups (broad SMARTS) is 1. The van der Waals surface area contributed by atoms with E-state index in [9.17, 15) is 14.9 Å². The highest BCUT2D eigenvalue weighted by Crippen LogP contribution is 2.24. The highest BCUT2D eigenvalue weighted by Gasteiger charge is 2.20. The van der Waals surface area contributed by atoms with E-state index < -0.39 is 10.9 Å². The molecule has 0 aliphatic rings. The van der Waals surface area contributed by atoms with Crippen LogP contribution in [0.3, 0.4) is 0 Å². The minimum absolute atomic E-state index is 0.0527. The monoisotopic (exact) mass is 285 g/mol. The predicted octanol–water partition coefficient (Wildman–Crippen LogP) is 2.24. The van der Waals surface area contributed by atoms with Crippen LogP contribution in [0.5, 0.6) is 0 Å². The first-order valence-corrected chi connectivity index (χ1v) is 7.02. The summed E-state index contributed by atoms with van der Waals surface area (Å²) in [6, 6.07) is 1.07. The maximum atomic E-state index is 11.0. The normalized spacial score (nSPS) is 11.9. The lowest BCUT2D eigenvalue weighted by atomic mass is 10.2. The molecule has 1 heterocycles. The summed E-state index contributed by atoms with van der Waals surface area (Å²) < 4.78 is 0. The molecule has 0 aromatic carbocycles. The number of aromatic carboxylic acids is 1. The van der Waals surface area contributed by atoms with Gasteiger partial charge >= 0.3 is 11.7 Å². The third-order valence-corrected chi connectivity index (χ3v) is 3.25. The Hall–Kier alpha value is -1.83. The molecule has 104 valence electrons. The van der Waals surface area contributed by atoms with Gasteiger partial charge in [0.25, 0.3) is 0 Å². The number of carboxylic acids is 1. The van der Waals surface area contributed by atoms with Gasteiger partial charge in [-0.2, -0.15) is 11.8 Å². The number of nitrogens with zero attached hydrogens (tertiary/aromatic N) is 2. The Bertz CT molecular complexity index is 481. The fourth-order valence-corrected chi connectivity index (χ4v) is 2.20. The lowest BCUT2D eigenvalue weighted by Crippen LogP contribution is -2.22. The summed E-state index contributed by atoms with van der Waals surface area (Å²) in [7, 11) is 0. The zero-order valence-corrected chi connectivity index (χ0v) is 11.4. The zero-order valence-electron chi connectivity index (χ0n) is 10.6. The number of anilines is 1.